The maximum atomic E-state index is 12.3. The van der Waals surface area contributed by atoms with Gasteiger partial charge in [-0.2, -0.15) is 0 Å². The standard InChI is InChI=1S/C16H16BrNO3S/c1-2-22(20,21)15-9-4-3-8-14(15)16(19)18-11-12-6-5-7-13(17)10-12/h3-10H,2,11H2,1H3,(H,18,19). The van der Waals surface area contributed by atoms with Gasteiger partial charge in [0, 0.05) is 11.0 Å². The van der Waals surface area contributed by atoms with Gasteiger partial charge in [-0.1, -0.05) is 47.1 Å². The van der Waals surface area contributed by atoms with Crippen LogP contribution in [-0.2, 0) is 16.4 Å². The number of benzene rings is 2. The van der Waals surface area contributed by atoms with Crippen LogP contribution in [0.15, 0.2) is 57.9 Å². The molecule has 2 aromatic rings. The van der Waals surface area contributed by atoms with Gasteiger partial charge in [0.15, 0.2) is 9.84 Å². The van der Waals surface area contributed by atoms with Gasteiger partial charge in [0.25, 0.3) is 5.91 Å². The Morgan fingerprint density at radius 1 is 1.14 bits per heavy atom. The highest BCUT2D eigenvalue weighted by atomic mass is 79.9. The van der Waals surface area contributed by atoms with Gasteiger partial charge in [-0.25, -0.2) is 8.42 Å². The first-order valence-corrected chi connectivity index (χ1v) is 9.23. The van der Waals surface area contributed by atoms with Crippen molar-refractivity contribution in [1.29, 1.82) is 0 Å². The Kier molecular flexibility index (Phi) is 5.37. The van der Waals surface area contributed by atoms with Crippen molar-refractivity contribution in [1.82, 2.24) is 5.32 Å². The van der Waals surface area contributed by atoms with Crippen molar-refractivity contribution in [2.24, 2.45) is 0 Å². The number of sulfone groups is 1. The smallest absolute Gasteiger partial charge is 0.252 e. The minimum absolute atomic E-state index is 0.0388. The monoisotopic (exact) mass is 381 g/mol. The second kappa shape index (κ2) is 7.07. The van der Waals surface area contributed by atoms with E-state index in [0.29, 0.717) is 6.54 Å². The highest BCUT2D eigenvalue weighted by Crippen LogP contribution is 2.17. The van der Waals surface area contributed by atoms with E-state index in [-0.39, 0.29) is 16.2 Å². The van der Waals surface area contributed by atoms with Crippen molar-refractivity contribution < 1.29 is 13.2 Å². The summed E-state index contributed by atoms with van der Waals surface area (Å²) >= 11 is 3.37. The SMILES string of the molecule is CCS(=O)(=O)c1ccccc1C(=O)NCc1cccc(Br)c1. The van der Waals surface area contributed by atoms with E-state index < -0.39 is 15.7 Å². The first-order valence-electron chi connectivity index (χ1n) is 6.78. The van der Waals surface area contributed by atoms with Crippen LogP contribution in [0.3, 0.4) is 0 Å². The van der Waals surface area contributed by atoms with Gasteiger partial charge >= 0.3 is 0 Å². The van der Waals surface area contributed by atoms with Crippen LogP contribution < -0.4 is 5.32 Å². The largest absolute Gasteiger partial charge is 0.348 e. The van der Waals surface area contributed by atoms with Gasteiger partial charge in [-0.15, -0.1) is 0 Å². The molecule has 0 unspecified atom stereocenters. The zero-order chi connectivity index (χ0) is 16.2. The van der Waals surface area contributed by atoms with Crippen LogP contribution >= 0.6 is 15.9 Å². The number of hydrogen-bond donors (Lipinski definition) is 1. The van der Waals surface area contributed by atoms with Crippen LogP contribution in [0.1, 0.15) is 22.8 Å². The number of nitrogens with one attached hydrogen (secondary N) is 1. The second-order valence-corrected chi connectivity index (χ2v) is 7.87. The molecule has 1 N–H and O–H groups in total. The summed E-state index contributed by atoms with van der Waals surface area (Å²) in [7, 11) is -3.43. The third kappa shape index (κ3) is 3.96. The van der Waals surface area contributed by atoms with Crippen LogP contribution in [0.25, 0.3) is 0 Å². The average molecular weight is 382 g/mol. The molecule has 0 aliphatic rings. The van der Waals surface area contributed by atoms with E-state index in [1.807, 2.05) is 24.3 Å². The Morgan fingerprint density at radius 3 is 2.55 bits per heavy atom. The lowest BCUT2D eigenvalue weighted by atomic mass is 10.2. The molecule has 0 aromatic heterocycles. The van der Waals surface area contributed by atoms with Crippen molar-refractivity contribution in [3.8, 4) is 0 Å². The Morgan fingerprint density at radius 2 is 1.86 bits per heavy atom. The molecule has 4 nitrogen and oxygen atoms in total. The topological polar surface area (TPSA) is 63.2 Å². The molecule has 0 aliphatic carbocycles. The lowest BCUT2D eigenvalue weighted by Gasteiger charge is -2.10. The summed E-state index contributed by atoms with van der Waals surface area (Å²) in [6.45, 7) is 1.89. The maximum absolute atomic E-state index is 12.3. The van der Waals surface area contributed by atoms with Crippen LogP contribution in [0, 0.1) is 0 Å². The van der Waals surface area contributed by atoms with Gasteiger partial charge in [0.05, 0.1) is 16.2 Å². The summed E-state index contributed by atoms with van der Waals surface area (Å²) < 4.78 is 25.0. The first-order chi connectivity index (χ1) is 10.4. The van der Waals surface area contributed by atoms with E-state index in [2.05, 4.69) is 21.2 Å². The van der Waals surface area contributed by atoms with Gasteiger partial charge in [0.2, 0.25) is 0 Å². The highest BCUT2D eigenvalue weighted by molar-refractivity contribution is 9.10. The predicted octanol–water partition coefficient (Wildman–Crippen LogP) is 3.17. The van der Waals surface area contributed by atoms with Crippen LogP contribution in [-0.4, -0.2) is 20.1 Å². The van der Waals surface area contributed by atoms with Crippen molar-refractivity contribution in [3.63, 3.8) is 0 Å². The summed E-state index contributed by atoms with van der Waals surface area (Å²) in [5.41, 5.74) is 1.11. The molecular formula is C16H16BrNO3S. The third-order valence-corrected chi connectivity index (χ3v) is 5.47. The molecule has 2 aromatic carbocycles. The molecule has 0 saturated heterocycles. The molecule has 6 heteroatoms. The number of amides is 1. The molecule has 0 radical (unpaired) electrons. The summed E-state index contributed by atoms with van der Waals surface area (Å²) in [6, 6.07) is 13.8. The molecule has 0 bridgehead atoms. The zero-order valence-electron chi connectivity index (χ0n) is 12.0. The number of carbonyl (C=O) groups is 1. The van der Waals surface area contributed by atoms with Gasteiger partial charge in [-0.3, -0.25) is 4.79 Å². The van der Waals surface area contributed by atoms with E-state index in [1.165, 1.54) is 12.1 Å². The molecule has 0 spiro atoms. The molecule has 0 fully saturated rings. The predicted molar refractivity (Wildman–Crippen MR) is 89.5 cm³/mol. The number of carbonyl (C=O) groups excluding carboxylic acids is 1. The van der Waals surface area contributed by atoms with E-state index in [0.717, 1.165) is 10.0 Å². The highest BCUT2D eigenvalue weighted by Gasteiger charge is 2.20. The Balaban J connectivity index is 2.20. The van der Waals surface area contributed by atoms with Gasteiger partial charge in [0.1, 0.15) is 0 Å². The van der Waals surface area contributed by atoms with Gasteiger partial charge < -0.3 is 5.32 Å². The normalized spacial score (nSPS) is 11.2. The Hall–Kier alpha value is -1.66. The van der Waals surface area contributed by atoms with Crippen molar-refractivity contribution in [2.75, 3.05) is 5.75 Å². The zero-order valence-corrected chi connectivity index (χ0v) is 14.4. The van der Waals surface area contributed by atoms with E-state index in [9.17, 15) is 13.2 Å². The molecule has 116 valence electrons. The summed E-state index contributed by atoms with van der Waals surface area (Å²) in [6.07, 6.45) is 0. The second-order valence-electron chi connectivity index (χ2n) is 4.71. The molecule has 1 amide bonds. The third-order valence-electron chi connectivity index (χ3n) is 3.19. The molecular weight excluding hydrogens is 366 g/mol. The quantitative estimate of drug-likeness (QED) is 0.864. The molecule has 0 saturated carbocycles. The summed E-state index contributed by atoms with van der Waals surface area (Å²) in [5, 5.41) is 2.75. The van der Waals surface area contributed by atoms with E-state index >= 15 is 0 Å². The van der Waals surface area contributed by atoms with Crippen LogP contribution in [0.4, 0.5) is 0 Å². The fourth-order valence-corrected chi connectivity index (χ4v) is 3.54. The lowest BCUT2D eigenvalue weighted by Crippen LogP contribution is -2.25. The van der Waals surface area contributed by atoms with Crippen LogP contribution in [0.2, 0.25) is 0 Å². The fraction of sp³-hybridized carbons (Fsp3) is 0.188. The number of halogens is 1. The van der Waals surface area contributed by atoms with Crippen LogP contribution in [0.5, 0.6) is 0 Å². The number of hydrogen-bond acceptors (Lipinski definition) is 3. The van der Waals surface area contributed by atoms with Gasteiger partial charge in [-0.05, 0) is 29.8 Å². The Bertz CT molecular complexity index is 787. The lowest BCUT2D eigenvalue weighted by molar-refractivity contribution is 0.0947. The minimum Gasteiger partial charge on any atom is -0.348 e. The molecule has 0 atom stereocenters. The van der Waals surface area contributed by atoms with E-state index in [1.54, 1.807) is 19.1 Å². The summed E-state index contributed by atoms with van der Waals surface area (Å²) in [4.78, 5) is 12.4. The van der Waals surface area contributed by atoms with E-state index in [4.69, 9.17) is 0 Å². The molecule has 0 aliphatic heterocycles. The summed E-state index contributed by atoms with van der Waals surface area (Å²) in [5.74, 6) is -0.435. The first kappa shape index (κ1) is 16.7. The minimum atomic E-state index is -3.43. The number of rotatable bonds is 5. The fourth-order valence-electron chi connectivity index (χ4n) is 2.01. The Labute approximate surface area is 138 Å². The maximum Gasteiger partial charge on any atom is 0.252 e. The molecule has 0 heterocycles. The molecule has 2 rings (SSSR count). The van der Waals surface area contributed by atoms with Crippen molar-refractivity contribution in [3.05, 3.63) is 64.1 Å². The average Bonchev–Trinajstić information content (AvgIpc) is 2.52. The van der Waals surface area contributed by atoms with Crippen molar-refractivity contribution >= 4 is 31.7 Å². The molecule has 22 heavy (non-hydrogen) atoms. The van der Waals surface area contributed by atoms with Crippen molar-refractivity contribution in [2.45, 2.75) is 18.4 Å².